The van der Waals surface area contributed by atoms with Crippen molar-refractivity contribution in [2.75, 3.05) is 49.9 Å². The molecule has 1 fully saturated rings. The Morgan fingerprint density at radius 2 is 2.07 bits per heavy atom. The van der Waals surface area contributed by atoms with Crippen LogP contribution in [0.5, 0.6) is 0 Å². The zero-order valence-electron chi connectivity index (χ0n) is 18.0. The second-order valence-corrected chi connectivity index (χ2v) is 7.67. The van der Waals surface area contributed by atoms with Crippen molar-refractivity contribution in [2.45, 2.75) is 46.1 Å². The molecule has 0 aromatic heterocycles. The van der Waals surface area contributed by atoms with Gasteiger partial charge in [0.15, 0.2) is 0 Å². The van der Waals surface area contributed by atoms with Crippen LogP contribution in [0.25, 0.3) is 5.57 Å². The summed E-state index contributed by atoms with van der Waals surface area (Å²) in [6.45, 7) is 16.7. The lowest BCUT2D eigenvalue weighted by Crippen LogP contribution is -2.43. The first-order valence-corrected chi connectivity index (χ1v) is 10.8. The SMILES string of the molecule is C=C(CNC(C)CC)/C(=C\NCCCC)c1ccc(N2CCNCC2)cc1N. The van der Waals surface area contributed by atoms with Crippen LogP contribution in [0.3, 0.4) is 0 Å². The second kappa shape index (κ2) is 11.8. The first-order chi connectivity index (χ1) is 13.6. The average Bonchev–Trinajstić information content (AvgIpc) is 2.73. The number of hydrogen-bond donors (Lipinski definition) is 4. The van der Waals surface area contributed by atoms with Crippen LogP contribution in [0.1, 0.15) is 45.6 Å². The Morgan fingerprint density at radius 3 is 2.71 bits per heavy atom. The number of nitrogens with zero attached hydrogens (tertiary/aromatic N) is 1. The minimum Gasteiger partial charge on any atom is -0.398 e. The molecule has 1 aromatic carbocycles. The molecule has 0 saturated carbocycles. The Balaban J connectivity index is 2.19. The van der Waals surface area contributed by atoms with Gasteiger partial charge in [-0.3, -0.25) is 0 Å². The van der Waals surface area contributed by atoms with Crippen LogP contribution >= 0.6 is 0 Å². The molecular weight excluding hydrogens is 346 g/mol. The zero-order valence-corrected chi connectivity index (χ0v) is 18.0. The zero-order chi connectivity index (χ0) is 20.4. The van der Waals surface area contributed by atoms with E-state index < -0.39 is 0 Å². The van der Waals surface area contributed by atoms with E-state index in [4.69, 9.17) is 5.73 Å². The molecule has 0 radical (unpaired) electrons. The van der Waals surface area contributed by atoms with Gasteiger partial charge in [-0.15, -0.1) is 0 Å². The fourth-order valence-electron chi connectivity index (χ4n) is 3.28. The van der Waals surface area contributed by atoms with Gasteiger partial charge in [0.05, 0.1) is 0 Å². The highest BCUT2D eigenvalue weighted by Crippen LogP contribution is 2.30. The minimum absolute atomic E-state index is 0.471. The molecular formula is C23H39N5. The van der Waals surface area contributed by atoms with Crippen molar-refractivity contribution >= 4 is 16.9 Å². The van der Waals surface area contributed by atoms with Crippen LogP contribution in [-0.4, -0.2) is 45.3 Å². The topological polar surface area (TPSA) is 65.3 Å². The van der Waals surface area contributed by atoms with Gasteiger partial charge in [0.2, 0.25) is 0 Å². The lowest BCUT2D eigenvalue weighted by molar-refractivity contribution is 0.563. The maximum absolute atomic E-state index is 6.51. The molecule has 0 amide bonds. The number of benzene rings is 1. The summed E-state index contributed by atoms with van der Waals surface area (Å²) in [5, 5.41) is 10.4. The van der Waals surface area contributed by atoms with Crippen molar-refractivity contribution in [3.05, 3.63) is 42.1 Å². The van der Waals surface area contributed by atoms with Gasteiger partial charge < -0.3 is 26.6 Å². The number of piperazine rings is 1. The summed E-state index contributed by atoms with van der Waals surface area (Å²) in [6.07, 6.45) is 5.52. The van der Waals surface area contributed by atoms with Crippen LogP contribution in [0.2, 0.25) is 0 Å². The third kappa shape index (κ3) is 6.57. The van der Waals surface area contributed by atoms with Gasteiger partial charge in [-0.05, 0) is 37.5 Å². The number of unbranched alkanes of at least 4 members (excludes halogenated alkanes) is 1. The molecule has 1 unspecified atom stereocenters. The monoisotopic (exact) mass is 385 g/mol. The summed E-state index contributed by atoms with van der Waals surface area (Å²) in [4.78, 5) is 2.39. The van der Waals surface area contributed by atoms with E-state index in [1.54, 1.807) is 0 Å². The molecule has 1 aliphatic heterocycles. The standard InChI is InChI=1S/C23H39N5/c1-5-7-10-26-17-22(18(3)16-27-19(4)6-2)21-9-8-20(15-23(21)24)28-13-11-25-12-14-28/h8-9,15,17,19,25-27H,3,5-7,10-14,16,24H2,1-2,4H3/b22-17+. The number of hydrogen-bond acceptors (Lipinski definition) is 5. The molecule has 0 spiro atoms. The van der Waals surface area contributed by atoms with Gasteiger partial charge in [0, 0.05) is 74.0 Å². The van der Waals surface area contributed by atoms with E-state index in [1.165, 1.54) is 12.1 Å². The third-order valence-corrected chi connectivity index (χ3v) is 5.39. The number of rotatable bonds is 11. The van der Waals surface area contributed by atoms with Crippen molar-refractivity contribution < 1.29 is 0 Å². The van der Waals surface area contributed by atoms with Gasteiger partial charge in [0.1, 0.15) is 0 Å². The predicted molar refractivity (Wildman–Crippen MR) is 124 cm³/mol. The molecule has 1 heterocycles. The highest BCUT2D eigenvalue weighted by Gasteiger charge is 2.15. The number of nitrogens with one attached hydrogen (secondary N) is 3. The predicted octanol–water partition coefficient (Wildman–Crippen LogP) is 3.35. The van der Waals surface area contributed by atoms with E-state index in [0.717, 1.165) is 74.5 Å². The Hall–Kier alpha value is -1.98. The fourth-order valence-corrected chi connectivity index (χ4v) is 3.28. The van der Waals surface area contributed by atoms with Crippen molar-refractivity contribution in [2.24, 2.45) is 0 Å². The molecule has 5 N–H and O–H groups in total. The van der Waals surface area contributed by atoms with Crippen LogP contribution in [0.4, 0.5) is 11.4 Å². The quantitative estimate of drug-likeness (QED) is 0.267. The first-order valence-electron chi connectivity index (χ1n) is 10.8. The smallest absolute Gasteiger partial charge is 0.0415 e. The molecule has 5 heteroatoms. The molecule has 1 aliphatic rings. The normalized spacial score (nSPS) is 16.1. The maximum Gasteiger partial charge on any atom is 0.0415 e. The van der Waals surface area contributed by atoms with Gasteiger partial charge in [-0.25, -0.2) is 0 Å². The summed E-state index contributed by atoms with van der Waals surface area (Å²) in [7, 11) is 0. The lowest BCUT2D eigenvalue weighted by Gasteiger charge is -2.30. The van der Waals surface area contributed by atoms with Crippen LogP contribution in [0.15, 0.2) is 36.6 Å². The molecule has 1 saturated heterocycles. The molecule has 0 aliphatic carbocycles. The Bertz CT molecular complexity index is 646. The van der Waals surface area contributed by atoms with Gasteiger partial charge >= 0.3 is 0 Å². The van der Waals surface area contributed by atoms with Crippen LogP contribution in [0, 0.1) is 0 Å². The van der Waals surface area contributed by atoms with Gasteiger partial charge in [-0.1, -0.05) is 32.9 Å². The second-order valence-electron chi connectivity index (χ2n) is 7.67. The number of nitrogens with two attached hydrogens (primary N) is 1. The molecule has 1 aromatic rings. The fraction of sp³-hybridized carbons (Fsp3) is 0.565. The van der Waals surface area contributed by atoms with Crippen LogP contribution < -0.4 is 26.6 Å². The molecule has 156 valence electrons. The average molecular weight is 386 g/mol. The molecule has 28 heavy (non-hydrogen) atoms. The molecule has 1 atom stereocenters. The van der Waals surface area contributed by atoms with E-state index in [9.17, 15) is 0 Å². The molecule has 0 bridgehead atoms. The van der Waals surface area contributed by atoms with Gasteiger partial charge in [0.25, 0.3) is 0 Å². The van der Waals surface area contributed by atoms with Crippen LogP contribution in [-0.2, 0) is 0 Å². The van der Waals surface area contributed by atoms with E-state index in [1.807, 2.05) is 0 Å². The van der Waals surface area contributed by atoms with Crippen molar-refractivity contribution in [1.29, 1.82) is 0 Å². The Kier molecular flexibility index (Phi) is 9.38. The van der Waals surface area contributed by atoms with E-state index >= 15 is 0 Å². The number of nitrogen functional groups attached to an aromatic ring is 1. The Morgan fingerprint density at radius 1 is 1.32 bits per heavy atom. The largest absolute Gasteiger partial charge is 0.398 e. The van der Waals surface area contributed by atoms with E-state index in [2.05, 4.69) is 72.6 Å². The summed E-state index contributed by atoms with van der Waals surface area (Å²) in [5.41, 5.74) is 11.7. The van der Waals surface area contributed by atoms with Crippen molar-refractivity contribution in [3.63, 3.8) is 0 Å². The minimum atomic E-state index is 0.471. The van der Waals surface area contributed by atoms with Crippen molar-refractivity contribution in [1.82, 2.24) is 16.0 Å². The van der Waals surface area contributed by atoms with Crippen molar-refractivity contribution in [3.8, 4) is 0 Å². The van der Waals surface area contributed by atoms with E-state index in [0.29, 0.717) is 6.04 Å². The lowest BCUT2D eigenvalue weighted by atomic mass is 9.97. The molecule has 2 rings (SSSR count). The molecule has 5 nitrogen and oxygen atoms in total. The highest BCUT2D eigenvalue weighted by atomic mass is 15.2. The maximum atomic E-state index is 6.51. The third-order valence-electron chi connectivity index (χ3n) is 5.39. The Labute approximate surface area is 171 Å². The summed E-state index contributed by atoms with van der Waals surface area (Å²) >= 11 is 0. The highest BCUT2D eigenvalue weighted by molar-refractivity contribution is 5.86. The summed E-state index contributed by atoms with van der Waals surface area (Å²) in [5.74, 6) is 0. The summed E-state index contributed by atoms with van der Waals surface area (Å²) < 4.78 is 0. The number of anilines is 2. The van der Waals surface area contributed by atoms with Gasteiger partial charge in [-0.2, -0.15) is 0 Å². The first kappa shape index (κ1) is 22.3. The summed E-state index contributed by atoms with van der Waals surface area (Å²) in [6, 6.07) is 6.91. The van der Waals surface area contributed by atoms with E-state index in [-0.39, 0.29) is 0 Å².